The number of methoxy groups -OCH3 is 1. The number of carbonyl (C=O) groups is 1. The van der Waals surface area contributed by atoms with Gasteiger partial charge >= 0.3 is 5.97 Å². The summed E-state index contributed by atoms with van der Waals surface area (Å²) in [6.07, 6.45) is 7.40. The zero-order valence-corrected chi connectivity index (χ0v) is 11.2. The van der Waals surface area contributed by atoms with Crippen molar-refractivity contribution < 1.29 is 19.0 Å². The van der Waals surface area contributed by atoms with Gasteiger partial charge in [0.2, 0.25) is 6.29 Å². The average molecular weight is 262 g/mol. The Morgan fingerprint density at radius 2 is 2.26 bits per heavy atom. The van der Waals surface area contributed by atoms with Crippen molar-refractivity contribution in [2.75, 3.05) is 13.7 Å². The van der Waals surface area contributed by atoms with E-state index in [9.17, 15) is 4.79 Å². The predicted molar refractivity (Wildman–Crippen MR) is 69.0 cm³/mol. The summed E-state index contributed by atoms with van der Waals surface area (Å²) in [6, 6.07) is 0. The second kappa shape index (κ2) is 4.85. The summed E-state index contributed by atoms with van der Waals surface area (Å²) in [6.45, 7) is 2.75. The van der Waals surface area contributed by atoms with E-state index in [0.29, 0.717) is 6.61 Å². The van der Waals surface area contributed by atoms with Crippen LogP contribution in [0.15, 0.2) is 35.1 Å². The average Bonchev–Trinajstić information content (AvgIpc) is 2.75. The van der Waals surface area contributed by atoms with Gasteiger partial charge < -0.3 is 14.2 Å². The maximum absolute atomic E-state index is 12.1. The highest BCUT2D eigenvalue weighted by molar-refractivity contribution is 5.93. The van der Waals surface area contributed by atoms with Gasteiger partial charge in [0, 0.05) is 11.5 Å². The molecule has 0 N–H and O–H groups in total. The highest BCUT2D eigenvalue weighted by atomic mass is 16.7. The Kier molecular flexibility index (Phi) is 3.19. The quantitative estimate of drug-likeness (QED) is 0.716. The topological polar surface area (TPSA) is 44.8 Å². The first kappa shape index (κ1) is 12.5. The van der Waals surface area contributed by atoms with E-state index in [4.69, 9.17) is 14.2 Å². The van der Waals surface area contributed by atoms with Crippen LogP contribution in [0.5, 0.6) is 0 Å². The summed E-state index contributed by atoms with van der Waals surface area (Å²) in [5, 5.41) is 0. The van der Waals surface area contributed by atoms with Crippen molar-refractivity contribution in [1.82, 2.24) is 0 Å². The Morgan fingerprint density at radius 3 is 3.00 bits per heavy atom. The molecule has 0 saturated carbocycles. The van der Waals surface area contributed by atoms with Crippen LogP contribution >= 0.6 is 0 Å². The third kappa shape index (κ3) is 2.10. The van der Waals surface area contributed by atoms with Crippen LogP contribution in [0, 0.1) is 11.8 Å². The number of esters is 1. The molecule has 4 heteroatoms. The molecular formula is C15H18O4. The van der Waals surface area contributed by atoms with E-state index < -0.39 is 6.29 Å². The van der Waals surface area contributed by atoms with Gasteiger partial charge in [-0.2, -0.15) is 0 Å². The van der Waals surface area contributed by atoms with Crippen LogP contribution in [0.1, 0.15) is 19.8 Å². The summed E-state index contributed by atoms with van der Waals surface area (Å²) >= 11 is 0. The van der Waals surface area contributed by atoms with Crippen LogP contribution in [-0.4, -0.2) is 26.0 Å². The van der Waals surface area contributed by atoms with Crippen molar-refractivity contribution in [3.05, 3.63) is 35.1 Å². The number of hydrogen-bond acceptors (Lipinski definition) is 4. The molecule has 3 aliphatic rings. The minimum absolute atomic E-state index is 0.0631. The van der Waals surface area contributed by atoms with Crippen molar-refractivity contribution in [2.24, 2.45) is 11.8 Å². The van der Waals surface area contributed by atoms with Gasteiger partial charge in [-0.3, -0.25) is 0 Å². The van der Waals surface area contributed by atoms with Crippen molar-refractivity contribution in [1.29, 1.82) is 0 Å². The van der Waals surface area contributed by atoms with E-state index in [1.807, 2.05) is 18.2 Å². The third-order valence-corrected chi connectivity index (χ3v) is 3.95. The fourth-order valence-electron chi connectivity index (χ4n) is 2.97. The molecule has 4 nitrogen and oxygen atoms in total. The van der Waals surface area contributed by atoms with E-state index in [2.05, 4.69) is 6.92 Å². The van der Waals surface area contributed by atoms with E-state index >= 15 is 0 Å². The molecule has 2 aliphatic heterocycles. The van der Waals surface area contributed by atoms with Crippen molar-refractivity contribution >= 4 is 5.97 Å². The first-order valence-corrected chi connectivity index (χ1v) is 6.70. The molecule has 3 atom stereocenters. The maximum atomic E-state index is 12.1. The molecule has 3 unspecified atom stereocenters. The highest BCUT2D eigenvalue weighted by Gasteiger charge is 2.40. The van der Waals surface area contributed by atoms with Crippen LogP contribution < -0.4 is 0 Å². The second-order valence-corrected chi connectivity index (χ2v) is 5.17. The van der Waals surface area contributed by atoms with Crippen molar-refractivity contribution in [2.45, 2.75) is 26.1 Å². The van der Waals surface area contributed by atoms with Gasteiger partial charge in [-0.05, 0) is 30.9 Å². The van der Waals surface area contributed by atoms with Crippen molar-refractivity contribution in [3.63, 3.8) is 0 Å². The lowest BCUT2D eigenvalue weighted by molar-refractivity contribution is -0.163. The van der Waals surface area contributed by atoms with Crippen LogP contribution in [0.2, 0.25) is 0 Å². The van der Waals surface area contributed by atoms with Gasteiger partial charge in [0.25, 0.3) is 0 Å². The number of allylic oxidation sites excluding steroid dienone is 3. The zero-order chi connectivity index (χ0) is 13.4. The van der Waals surface area contributed by atoms with Gasteiger partial charge in [-0.25, -0.2) is 4.79 Å². The number of rotatable bonds is 2. The molecule has 0 bridgehead atoms. The molecule has 0 aromatic heterocycles. The van der Waals surface area contributed by atoms with Crippen LogP contribution in [0.4, 0.5) is 0 Å². The molecule has 3 rings (SSSR count). The SMILES string of the molecule is COC1=CC(C)C(C2=C3CCCOC3OC2=O)C=C1. The molecule has 0 aromatic carbocycles. The molecule has 19 heavy (non-hydrogen) atoms. The van der Waals surface area contributed by atoms with E-state index in [-0.39, 0.29) is 17.8 Å². The molecule has 1 saturated heterocycles. The Labute approximate surface area is 112 Å². The van der Waals surface area contributed by atoms with Crippen LogP contribution in [-0.2, 0) is 19.0 Å². The largest absolute Gasteiger partial charge is 0.497 e. The number of hydrogen-bond donors (Lipinski definition) is 0. The smallest absolute Gasteiger partial charge is 0.337 e. The monoisotopic (exact) mass is 262 g/mol. The molecule has 2 heterocycles. The van der Waals surface area contributed by atoms with Crippen LogP contribution in [0.25, 0.3) is 0 Å². The van der Waals surface area contributed by atoms with Crippen molar-refractivity contribution in [3.8, 4) is 0 Å². The molecule has 1 fully saturated rings. The second-order valence-electron chi connectivity index (χ2n) is 5.17. The van der Waals surface area contributed by atoms with Gasteiger partial charge in [0.1, 0.15) is 5.76 Å². The standard InChI is InChI=1S/C15H18O4/c1-9-8-10(17-2)5-6-11(9)13-12-4-3-7-18-15(12)19-14(13)16/h5-6,8-9,11,15H,3-4,7H2,1-2H3. The Hall–Kier alpha value is -1.55. The van der Waals surface area contributed by atoms with E-state index in [0.717, 1.165) is 29.7 Å². The van der Waals surface area contributed by atoms with Gasteiger partial charge in [-0.1, -0.05) is 13.0 Å². The summed E-state index contributed by atoms with van der Waals surface area (Å²) < 4.78 is 16.0. The van der Waals surface area contributed by atoms with Gasteiger partial charge in [-0.15, -0.1) is 0 Å². The summed E-state index contributed by atoms with van der Waals surface area (Å²) in [5.41, 5.74) is 1.83. The fourth-order valence-corrected chi connectivity index (χ4v) is 2.97. The molecule has 0 aromatic rings. The van der Waals surface area contributed by atoms with E-state index in [1.54, 1.807) is 7.11 Å². The first-order chi connectivity index (χ1) is 9.20. The first-order valence-electron chi connectivity index (χ1n) is 6.70. The summed E-state index contributed by atoms with van der Waals surface area (Å²) in [5.74, 6) is 0.901. The Morgan fingerprint density at radius 1 is 1.42 bits per heavy atom. The zero-order valence-electron chi connectivity index (χ0n) is 11.2. The fraction of sp³-hybridized carbons (Fsp3) is 0.533. The predicted octanol–water partition coefficient (Wildman–Crippen LogP) is 2.33. The molecular weight excluding hydrogens is 244 g/mol. The maximum Gasteiger partial charge on any atom is 0.337 e. The lowest BCUT2D eigenvalue weighted by atomic mass is 9.81. The lowest BCUT2D eigenvalue weighted by Gasteiger charge is -2.24. The number of carbonyl (C=O) groups excluding carboxylic acids is 1. The number of ether oxygens (including phenoxy) is 3. The lowest BCUT2D eigenvalue weighted by Crippen LogP contribution is -2.21. The van der Waals surface area contributed by atoms with Gasteiger partial charge in [0.05, 0.1) is 19.3 Å². The highest BCUT2D eigenvalue weighted by Crippen LogP contribution is 2.39. The number of fused-ring (bicyclic) bond motifs is 1. The minimum Gasteiger partial charge on any atom is -0.497 e. The van der Waals surface area contributed by atoms with E-state index in [1.165, 1.54) is 0 Å². The molecule has 1 aliphatic carbocycles. The van der Waals surface area contributed by atoms with Gasteiger partial charge in [0.15, 0.2) is 0 Å². The normalized spacial score (nSPS) is 33.9. The molecule has 0 amide bonds. The Balaban J connectivity index is 1.91. The molecule has 102 valence electrons. The molecule has 0 spiro atoms. The summed E-state index contributed by atoms with van der Waals surface area (Å²) in [7, 11) is 1.65. The Bertz CT molecular complexity index is 486. The van der Waals surface area contributed by atoms with Crippen LogP contribution in [0.3, 0.4) is 0 Å². The summed E-state index contributed by atoms with van der Waals surface area (Å²) in [4.78, 5) is 12.1. The minimum atomic E-state index is -0.440. The third-order valence-electron chi connectivity index (χ3n) is 3.95. The molecule has 0 radical (unpaired) electrons.